The van der Waals surface area contributed by atoms with Crippen molar-refractivity contribution in [2.24, 2.45) is 0 Å². The van der Waals surface area contributed by atoms with E-state index in [1.54, 1.807) is 24.3 Å². The number of benzene rings is 2. The Morgan fingerprint density at radius 1 is 1.21 bits per heavy atom. The lowest BCUT2D eigenvalue weighted by atomic mass is 10.0. The Morgan fingerprint density at radius 3 is 2.59 bits per heavy atom. The molecule has 0 aliphatic heterocycles. The van der Waals surface area contributed by atoms with E-state index in [1.165, 1.54) is 31.4 Å². The van der Waals surface area contributed by atoms with Crippen molar-refractivity contribution in [1.29, 1.82) is 0 Å². The van der Waals surface area contributed by atoms with Crippen LogP contribution in [0.25, 0.3) is 5.69 Å². The second kappa shape index (κ2) is 8.42. The van der Waals surface area contributed by atoms with Crippen molar-refractivity contribution in [1.82, 2.24) is 15.1 Å². The van der Waals surface area contributed by atoms with Gasteiger partial charge in [0.25, 0.3) is 11.5 Å². The minimum absolute atomic E-state index is 0.0578. The molecule has 8 nitrogen and oxygen atoms in total. The molecule has 1 amide bonds. The summed E-state index contributed by atoms with van der Waals surface area (Å²) in [4.78, 5) is 36.1. The maximum Gasteiger partial charge on any atom is 0.305 e. The first-order valence-electron chi connectivity index (χ1n) is 8.62. The van der Waals surface area contributed by atoms with Gasteiger partial charge in [-0.15, -0.1) is 0 Å². The van der Waals surface area contributed by atoms with Gasteiger partial charge in [-0.2, -0.15) is 0 Å². The number of nitrogens with one attached hydrogen (secondary N) is 2. The van der Waals surface area contributed by atoms with Gasteiger partial charge in [0.2, 0.25) is 0 Å². The van der Waals surface area contributed by atoms with Crippen LogP contribution in [0, 0.1) is 5.82 Å². The molecule has 9 heteroatoms. The zero-order valence-electron chi connectivity index (χ0n) is 15.4. The van der Waals surface area contributed by atoms with Crippen LogP contribution in [0.4, 0.5) is 4.39 Å². The molecule has 0 radical (unpaired) electrons. The Balaban J connectivity index is 1.86. The number of nitrogens with zero attached hydrogens (tertiary/aromatic N) is 1. The van der Waals surface area contributed by atoms with E-state index in [0.717, 1.165) is 10.7 Å². The molecule has 0 spiro atoms. The Bertz CT molecular complexity index is 1090. The summed E-state index contributed by atoms with van der Waals surface area (Å²) in [5.41, 5.74) is 0.321. The fourth-order valence-corrected chi connectivity index (χ4v) is 2.82. The van der Waals surface area contributed by atoms with Gasteiger partial charge >= 0.3 is 5.97 Å². The Labute approximate surface area is 164 Å². The molecule has 0 aliphatic rings. The molecule has 3 aromatic rings. The average Bonchev–Trinajstić information content (AvgIpc) is 3.09. The minimum atomic E-state index is -1.10. The molecule has 0 saturated heterocycles. The number of carbonyl (C=O) groups excluding carboxylic acids is 1. The van der Waals surface area contributed by atoms with Gasteiger partial charge in [0.15, 0.2) is 0 Å². The predicted molar refractivity (Wildman–Crippen MR) is 102 cm³/mol. The number of aromatic amines is 1. The van der Waals surface area contributed by atoms with Gasteiger partial charge in [-0.3, -0.25) is 19.5 Å². The topological polar surface area (TPSA) is 113 Å². The number of halogens is 1. The summed E-state index contributed by atoms with van der Waals surface area (Å²) in [6.45, 7) is 0. The number of carbonyl (C=O) groups is 2. The number of aliphatic carboxylic acids is 1. The monoisotopic (exact) mass is 399 g/mol. The maximum absolute atomic E-state index is 13.1. The molecule has 3 rings (SSSR count). The fourth-order valence-electron chi connectivity index (χ4n) is 2.82. The van der Waals surface area contributed by atoms with Crippen molar-refractivity contribution < 1.29 is 23.8 Å². The number of carboxylic acids is 1. The van der Waals surface area contributed by atoms with Crippen LogP contribution in [0.2, 0.25) is 0 Å². The van der Waals surface area contributed by atoms with Gasteiger partial charge in [-0.05, 0) is 42.0 Å². The highest BCUT2D eigenvalue weighted by molar-refractivity contribution is 5.92. The lowest BCUT2D eigenvalue weighted by Gasteiger charge is -2.17. The first-order chi connectivity index (χ1) is 13.9. The van der Waals surface area contributed by atoms with Gasteiger partial charge in [0.05, 0.1) is 25.3 Å². The normalized spacial score (nSPS) is 11.7. The van der Waals surface area contributed by atoms with Gasteiger partial charge < -0.3 is 15.2 Å². The van der Waals surface area contributed by atoms with Gasteiger partial charge in [0.1, 0.15) is 17.3 Å². The number of methoxy groups -OCH3 is 1. The number of amides is 1. The first kappa shape index (κ1) is 19.9. The summed E-state index contributed by atoms with van der Waals surface area (Å²) >= 11 is 0. The van der Waals surface area contributed by atoms with E-state index in [9.17, 15) is 23.9 Å². The van der Waals surface area contributed by atoms with Crippen LogP contribution < -0.4 is 15.6 Å². The molecule has 1 heterocycles. The molecule has 0 aliphatic carbocycles. The number of rotatable bonds is 7. The predicted octanol–water partition coefficient (Wildman–Crippen LogP) is 2.26. The lowest BCUT2D eigenvalue weighted by Crippen LogP contribution is -2.30. The summed E-state index contributed by atoms with van der Waals surface area (Å²) in [5.74, 6) is -1.70. The average molecular weight is 399 g/mol. The summed E-state index contributed by atoms with van der Waals surface area (Å²) in [5, 5.41) is 14.5. The lowest BCUT2D eigenvalue weighted by molar-refractivity contribution is -0.137. The number of hydrogen-bond acceptors (Lipinski definition) is 4. The zero-order valence-corrected chi connectivity index (χ0v) is 15.4. The molecule has 2 aromatic carbocycles. The molecule has 29 heavy (non-hydrogen) atoms. The van der Waals surface area contributed by atoms with Crippen molar-refractivity contribution in [2.45, 2.75) is 12.5 Å². The standard InChI is InChI=1S/C20H18FN3O5/c1-29-15-4-2-3-12(9-15)16(11-19(26)27)22-20(28)17-10-18(25)24(23-17)14-7-5-13(21)6-8-14/h2-10,16,23H,11H2,1H3,(H,22,28)(H,26,27)/t16-/m0/s1. The van der Waals surface area contributed by atoms with Crippen LogP contribution in [0.5, 0.6) is 5.75 Å². The van der Waals surface area contributed by atoms with E-state index in [1.807, 2.05) is 0 Å². The first-order valence-corrected chi connectivity index (χ1v) is 8.62. The summed E-state index contributed by atoms with van der Waals surface area (Å²) in [7, 11) is 1.48. The fraction of sp³-hybridized carbons (Fsp3) is 0.150. The van der Waals surface area contributed by atoms with Gasteiger partial charge in [-0.25, -0.2) is 9.07 Å². The molecular formula is C20H18FN3O5. The van der Waals surface area contributed by atoms with Crippen LogP contribution >= 0.6 is 0 Å². The second-order valence-corrected chi connectivity index (χ2v) is 6.22. The molecule has 1 aromatic heterocycles. The Kier molecular flexibility index (Phi) is 5.77. The highest BCUT2D eigenvalue weighted by Gasteiger charge is 2.21. The van der Waals surface area contributed by atoms with E-state index in [2.05, 4.69) is 10.4 Å². The van der Waals surface area contributed by atoms with Gasteiger partial charge in [0, 0.05) is 6.07 Å². The third kappa shape index (κ3) is 4.70. The SMILES string of the molecule is COc1cccc([C@H](CC(=O)O)NC(=O)c2cc(=O)n(-c3ccc(F)cc3)[nH]2)c1. The number of aromatic nitrogens is 2. The van der Waals surface area contributed by atoms with E-state index in [-0.39, 0.29) is 12.1 Å². The number of ether oxygens (including phenoxy) is 1. The van der Waals surface area contributed by atoms with Crippen LogP contribution in [-0.2, 0) is 4.79 Å². The molecule has 0 bridgehead atoms. The number of carboxylic acid groups (broad SMARTS) is 1. The van der Waals surface area contributed by atoms with Crippen LogP contribution in [-0.4, -0.2) is 33.9 Å². The van der Waals surface area contributed by atoms with Gasteiger partial charge in [-0.1, -0.05) is 12.1 Å². The summed E-state index contributed by atoms with van der Waals surface area (Å²) < 4.78 is 19.3. The third-order valence-corrected chi connectivity index (χ3v) is 4.23. The Hall–Kier alpha value is -3.88. The summed E-state index contributed by atoms with van der Waals surface area (Å²) in [6, 6.07) is 12.1. The van der Waals surface area contributed by atoms with Crippen LogP contribution in [0.1, 0.15) is 28.5 Å². The molecule has 0 saturated carbocycles. The molecule has 0 unspecified atom stereocenters. The smallest absolute Gasteiger partial charge is 0.305 e. The van der Waals surface area contributed by atoms with E-state index < -0.39 is 29.3 Å². The molecule has 1 atom stereocenters. The highest BCUT2D eigenvalue weighted by Crippen LogP contribution is 2.22. The zero-order chi connectivity index (χ0) is 21.0. The van der Waals surface area contributed by atoms with E-state index in [4.69, 9.17) is 4.74 Å². The van der Waals surface area contributed by atoms with Crippen molar-refractivity contribution in [3.63, 3.8) is 0 Å². The van der Waals surface area contributed by atoms with Crippen LogP contribution in [0.15, 0.2) is 59.4 Å². The number of hydrogen-bond donors (Lipinski definition) is 3. The maximum atomic E-state index is 13.1. The van der Waals surface area contributed by atoms with Crippen molar-refractivity contribution in [3.05, 3.63) is 82.0 Å². The quantitative estimate of drug-likeness (QED) is 0.564. The highest BCUT2D eigenvalue weighted by atomic mass is 19.1. The minimum Gasteiger partial charge on any atom is -0.497 e. The molecule has 150 valence electrons. The third-order valence-electron chi connectivity index (χ3n) is 4.23. The van der Waals surface area contributed by atoms with E-state index >= 15 is 0 Å². The summed E-state index contributed by atoms with van der Waals surface area (Å²) in [6.07, 6.45) is -0.359. The van der Waals surface area contributed by atoms with Crippen molar-refractivity contribution in [3.8, 4) is 11.4 Å². The van der Waals surface area contributed by atoms with Crippen molar-refractivity contribution >= 4 is 11.9 Å². The largest absolute Gasteiger partial charge is 0.497 e. The van der Waals surface area contributed by atoms with Crippen LogP contribution in [0.3, 0.4) is 0 Å². The second-order valence-electron chi connectivity index (χ2n) is 6.22. The van der Waals surface area contributed by atoms with Crippen molar-refractivity contribution in [2.75, 3.05) is 7.11 Å². The molecular weight excluding hydrogens is 381 g/mol. The molecule has 0 fully saturated rings. The number of H-pyrrole nitrogens is 1. The van der Waals surface area contributed by atoms with E-state index in [0.29, 0.717) is 17.0 Å². The Morgan fingerprint density at radius 2 is 1.93 bits per heavy atom. The molecule has 3 N–H and O–H groups in total.